The van der Waals surface area contributed by atoms with Crippen molar-refractivity contribution < 1.29 is 13.3 Å². The predicted octanol–water partition coefficient (Wildman–Crippen LogP) is 1.78. The van der Waals surface area contributed by atoms with Gasteiger partial charge in [-0.25, -0.2) is 8.42 Å². The summed E-state index contributed by atoms with van der Waals surface area (Å²) < 4.78 is 26.0. The molecule has 1 aromatic heterocycles. The van der Waals surface area contributed by atoms with Crippen LogP contribution in [0.15, 0.2) is 24.3 Å². The Kier molecular flexibility index (Phi) is 5.57. The number of nitrogens with one attached hydrogen (secondary N) is 2. The molecule has 0 spiro atoms. The molecular weight excluding hydrogens is 376 g/mol. The minimum absolute atomic E-state index is 0.131. The fraction of sp³-hybridized carbons (Fsp3) is 0.500. The molecule has 6 nitrogen and oxygen atoms in total. The fourth-order valence-corrected chi connectivity index (χ4v) is 5.97. The highest BCUT2D eigenvalue weighted by Gasteiger charge is 2.35. The van der Waals surface area contributed by atoms with Crippen LogP contribution in [0, 0.1) is 10.9 Å². The van der Waals surface area contributed by atoms with Gasteiger partial charge in [0.05, 0.1) is 12.3 Å². The molecule has 2 N–H and O–H groups in total. The molecule has 2 atom stereocenters. The van der Waals surface area contributed by atoms with E-state index in [1.54, 1.807) is 0 Å². The van der Waals surface area contributed by atoms with Crippen LogP contribution in [-0.4, -0.2) is 42.3 Å². The lowest BCUT2D eigenvalue weighted by Gasteiger charge is -2.23. The van der Waals surface area contributed by atoms with E-state index >= 15 is 0 Å². The van der Waals surface area contributed by atoms with Crippen molar-refractivity contribution in [3.8, 4) is 0 Å². The van der Waals surface area contributed by atoms with E-state index in [2.05, 4.69) is 17.3 Å². The molecule has 0 amide bonds. The minimum atomic E-state index is -2.88. The van der Waals surface area contributed by atoms with Gasteiger partial charge in [-0.15, -0.1) is 5.10 Å². The zero-order valence-electron chi connectivity index (χ0n) is 14.4. The minimum Gasteiger partial charge on any atom is -0.330 e. The second kappa shape index (κ2) is 7.53. The molecule has 1 aliphatic rings. The Balaban J connectivity index is 1.74. The molecule has 2 aromatic rings. The molecule has 0 radical (unpaired) electrons. The van der Waals surface area contributed by atoms with Gasteiger partial charge < -0.3 is 10.2 Å². The summed E-state index contributed by atoms with van der Waals surface area (Å²) in [5.41, 5.74) is 2.16. The molecule has 1 unspecified atom stereocenters. The van der Waals surface area contributed by atoms with E-state index in [-0.39, 0.29) is 11.8 Å². The molecule has 3 rings (SSSR count). The van der Waals surface area contributed by atoms with Crippen LogP contribution >= 0.6 is 23.6 Å². The molecule has 136 valence electrons. The lowest BCUT2D eigenvalue weighted by Crippen LogP contribution is -3.15. The summed E-state index contributed by atoms with van der Waals surface area (Å²) in [7, 11) is -2.88. The summed E-state index contributed by atoms with van der Waals surface area (Å²) in [5, 5.41) is 8.67. The van der Waals surface area contributed by atoms with Gasteiger partial charge in [0, 0.05) is 12.1 Å². The van der Waals surface area contributed by atoms with Gasteiger partial charge in [0.1, 0.15) is 11.8 Å². The van der Waals surface area contributed by atoms with E-state index < -0.39 is 9.84 Å². The van der Waals surface area contributed by atoms with Gasteiger partial charge in [-0.3, -0.25) is 0 Å². The van der Waals surface area contributed by atoms with Crippen LogP contribution in [-0.2, 0) is 16.5 Å². The lowest BCUT2D eigenvalue weighted by atomic mass is 10.2. The van der Waals surface area contributed by atoms with Crippen molar-refractivity contribution in [3.05, 3.63) is 33.8 Å². The van der Waals surface area contributed by atoms with Crippen molar-refractivity contribution >= 4 is 44.2 Å². The number of nitrogens with zero attached hydrogens (tertiary/aromatic N) is 2. The zero-order valence-corrected chi connectivity index (χ0v) is 16.8. The first-order chi connectivity index (χ1) is 11.9. The van der Waals surface area contributed by atoms with Gasteiger partial charge in [-0.05, 0) is 37.7 Å². The lowest BCUT2D eigenvalue weighted by molar-refractivity contribution is -0.943. The normalized spacial score (nSPS) is 20.5. The van der Waals surface area contributed by atoms with Crippen molar-refractivity contribution in [2.45, 2.75) is 33.0 Å². The molecule has 1 aromatic carbocycles. The molecule has 1 fully saturated rings. The summed E-state index contributed by atoms with van der Waals surface area (Å²) in [6, 6.07) is 8.17. The Morgan fingerprint density at radius 2 is 2.20 bits per heavy atom. The first-order valence-corrected chi connectivity index (χ1v) is 11.4. The van der Waals surface area contributed by atoms with Crippen LogP contribution in [0.5, 0.6) is 0 Å². The first kappa shape index (κ1) is 18.5. The monoisotopic (exact) mass is 399 g/mol. The predicted molar refractivity (Wildman–Crippen MR) is 104 cm³/mol. The Bertz CT molecular complexity index is 904. The van der Waals surface area contributed by atoms with Crippen LogP contribution in [0.25, 0.3) is 0 Å². The first-order valence-electron chi connectivity index (χ1n) is 8.33. The molecule has 1 aliphatic heterocycles. The van der Waals surface area contributed by atoms with Gasteiger partial charge in [0.25, 0.3) is 0 Å². The summed E-state index contributed by atoms with van der Waals surface area (Å²) in [6.45, 7) is 5.56. The van der Waals surface area contributed by atoms with Gasteiger partial charge in [0.2, 0.25) is 5.13 Å². The summed E-state index contributed by atoms with van der Waals surface area (Å²) in [5.74, 6) is 0.561. The molecule has 9 heteroatoms. The molecule has 25 heavy (non-hydrogen) atoms. The van der Waals surface area contributed by atoms with E-state index in [4.69, 9.17) is 12.2 Å². The van der Waals surface area contributed by atoms with Crippen molar-refractivity contribution in [2.75, 3.05) is 23.4 Å². The molecule has 0 bridgehead atoms. The number of sulfone groups is 1. The number of benzene rings is 1. The number of rotatable bonds is 6. The second-order valence-electron chi connectivity index (χ2n) is 6.38. The van der Waals surface area contributed by atoms with Crippen LogP contribution in [0.3, 0.4) is 0 Å². The third-order valence-electron chi connectivity index (χ3n) is 4.61. The average molecular weight is 400 g/mol. The highest BCUT2D eigenvalue weighted by Crippen LogP contribution is 2.22. The van der Waals surface area contributed by atoms with Crippen LogP contribution < -0.4 is 10.2 Å². The quantitative estimate of drug-likeness (QED) is 0.725. The van der Waals surface area contributed by atoms with E-state index in [1.165, 1.54) is 16.2 Å². The number of aromatic nitrogens is 2. The average Bonchev–Trinajstić information content (AvgIpc) is 3.09. The smallest absolute Gasteiger partial charge is 0.209 e. The van der Waals surface area contributed by atoms with E-state index in [1.807, 2.05) is 35.9 Å². The van der Waals surface area contributed by atoms with Crippen molar-refractivity contribution in [3.63, 3.8) is 0 Å². The van der Waals surface area contributed by atoms with Crippen molar-refractivity contribution in [2.24, 2.45) is 0 Å². The fourth-order valence-electron chi connectivity index (χ4n) is 3.12. The van der Waals surface area contributed by atoms with E-state index in [9.17, 15) is 8.42 Å². The van der Waals surface area contributed by atoms with Gasteiger partial charge >= 0.3 is 0 Å². The number of quaternary nitrogens is 1. The third-order valence-corrected chi connectivity index (χ3v) is 7.60. The van der Waals surface area contributed by atoms with Gasteiger partial charge in [0.15, 0.2) is 20.5 Å². The topological polar surface area (TPSA) is 68.4 Å². The third kappa shape index (κ3) is 4.46. The zero-order chi connectivity index (χ0) is 18.0. The van der Waals surface area contributed by atoms with Crippen LogP contribution in [0.1, 0.15) is 18.9 Å². The Hall–Kier alpha value is -1.29. The maximum absolute atomic E-state index is 11.8. The number of hydrogen-bond donors (Lipinski definition) is 2. The van der Waals surface area contributed by atoms with Gasteiger partial charge in [-0.1, -0.05) is 29.5 Å². The summed E-state index contributed by atoms with van der Waals surface area (Å²) >= 11 is 6.89. The highest BCUT2D eigenvalue weighted by molar-refractivity contribution is 7.91. The number of hydrogen-bond acceptors (Lipinski definition) is 6. The van der Waals surface area contributed by atoms with E-state index in [0.29, 0.717) is 16.4 Å². The SMILES string of the molecule is CC[NH+](Cn1nc(Nc2ccccc2C)sc1=S)[C@H]1CCS(=O)(=O)C1. The maximum Gasteiger partial charge on any atom is 0.209 e. The highest BCUT2D eigenvalue weighted by atomic mass is 32.2. The largest absolute Gasteiger partial charge is 0.330 e. The van der Waals surface area contributed by atoms with Crippen LogP contribution in [0.4, 0.5) is 10.8 Å². The second-order valence-corrected chi connectivity index (χ2v) is 10.2. The molecule has 2 heterocycles. The Morgan fingerprint density at radius 3 is 2.84 bits per heavy atom. The van der Waals surface area contributed by atoms with Crippen molar-refractivity contribution in [1.82, 2.24) is 9.78 Å². The maximum atomic E-state index is 11.8. The molecular formula is C16H23N4O2S3+. The van der Waals surface area contributed by atoms with Crippen LogP contribution in [0.2, 0.25) is 0 Å². The number of para-hydroxylation sites is 1. The Morgan fingerprint density at radius 1 is 1.44 bits per heavy atom. The van der Waals surface area contributed by atoms with Gasteiger partial charge in [-0.2, -0.15) is 4.68 Å². The number of aryl methyl sites for hydroxylation is 1. The molecule has 0 saturated carbocycles. The van der Waals surface area contributed by atoms with Crippen molar-refractivity contribution in [1.29, 1.82) is 0 Å². The summed E-state index contributed by atoms with van der Waals surface area (Å²) in [4.78, 5) is 1.21. The number of anilines is 2. The standard InChI is InChI=1S/C16H22N4O2S3/c1-3-19(13-8-9-25(21,22)10-13)11-20-16(23)24-15(18-20)17-14-7-5-4-6-12(14)2/h4-7,13H,3,8-11H2,1-2H3,(H,17,18)/p+1/t13-/m0/s1. The molecule has 1 saturated heterocycles. The molecule has 0 aliphatic carbocycles. The Labute approximate surface area is 157 Å². The van der Waals surface area contributed by atoms with E-state index in [0.717, 1.165) is 29.3 Å². The summed E-state index contributed by atoms with van der Waals surface area (Å²) in [6.07, 6.45) is 0.720.